The molecule has 0 spiro atoms. The van der Waals surface area contributed by atoms with Crippen molar-refractivity contribution in [2.75, 3.05) is 39.5 Å². The first-order valence-corrected chi connectivity index (χ1v) is 9.35. The zero-order chi connectivity index (χ0) is 17.7. The van der Waals surface area contributed by atoms with Gasteiger partial charge in [-0.1, -0.05) is 30.3 Å². The number of nitrogens with one attached hydrogen (secondary N) is 1. The van der Waals surface area contributed by atoms with Crippen LogP contribution in [0.25, 0.3) is 0 Å². The number of carbonyl (C=O) groups excluding carboxylic acids is 1. The normalized spacial score (nSPS) is 27.0. The zero-order valence-electron chi connectivity index (χ0n) is 15.4. The molecule has 2 unspecified atom stereocenters. The van der Waals surface area contributed by atoms with Crippen molar-refractivity contribution in [1.29, 1.82) is 0 Å². The van der Waals surface area contributed by atoms with E-state index in [4.69, 9.17) is 9.47 Å². The van der Waals surface area contributed by atoms with E-state index in [0.717, 1.165) is 32.6 Å². The van der Waals surface area contributed by atoms with Crippen LogP contribution in [0.2, 0.25) is 0 Å². The standard InChI is InChI=1S/C20H30N2O3/c1-16-14-25-17(2)12-22(16)13-19(23)21-15-20(8-10-24-11-9-20)18-6-4-3-5-7-18/h3-7,16-17H,8-15H2,1-2H3,(H,21,23). The summed E-state index contributed by atoms with van der Waals surface area (Å²) in [5, 5.41) is 3.20. The Morgan fingerprint density at radius 3 is 2.68 bits per heavy atom. The van der Waals surface area contributed by atoms with Crippen molar-refractivity contribution in [3.05, 3.63) is 35.9 Å². The number of benzene rings is 1. The summed E-state index contributed by atoms with van der Waals surface area (Å²) in [6, 6.07) is 10.8. The predicted molar refractivity (Wildman–Crippen MR) is 97.6 cm³/mol. The van der Waals surface area contributed by atoms with E-state index in [9.17, 15) is 4.79 Å². The Balaban J connectivity index is 1.60. The molecule has 0 aliphatic carbocycles. The Labute approximate surface area is 150 Å². The van der Waals surface area contributed by atoms with Crippen LogP contribution < -0.4 is 5.32 Å². The Hall–Kier alpha value is -1.43. The number of rotatable bonds is 5. The highest BCUT2D eigenvalue weighted by atomic mass is 16.5. The van der Waals surface area contributed by atoms with Crippen LogP contribution >= 0.6 is 0 Å². The van der Waals surface area contributed by atoms with Gasteiger partial charge in [-0.05, 0) is 32.3 Å². The first kappa shape index (κ1) is 18.4. The van der Waals surface area contributed by atoms with Crippen molar-refractivity contribution in [2.24, 2.45) is 0 Å². The second kappa shape index (κ2) is 8.30. The van der Waals surface area contributed by atoms with Crippen LogP contribution in [0.3, 0.4) is 0 Å². The molecule has 2 heterocycles. The summed E-state index contributed by atoms with van der Waals surface area (Å²) in [4.78, 5) is 14.8. The molecule has 1 N–H and O–H groups in total. The fraction of sp³-hybridized carbons (Fsp3) is 0.650. The Morgan fingerprint density at radius 1 is 1.24 bits per heavy atom. The molecular weight excluding hydrogens is 316 g/mol. The third-order valence-electron chi connectivity index (χ3n) is 5.54. The average molecular weight is 346 g/mol. The van der Waals surface area contributed by atoms with Crippen LogP contribution in [0.15, 0.2) is 30.3 Å². The monoisotopic (exact) mass is 346 g/mol. The highest BCUT2D eigenvalue weighted by Crippen LogP contribution is 2.34. The van der Waals surface area contributed by atoms with Gasteiger partial charge in [0, 0.05) is 37.8 Å². The first-order chi connectivity index (χ1) is 12.1. The maximum atomic E-state index is 12.6. The predicted octanol–water partition coefficient (Wildman–Crippen LogP) is 1.96. The third kappa shape index (κ3) is 4.60. The highest BCUT2D eigenvalue weighted by molar-refractivity contribution is 5.78. The molecule has 1 aromatic rings. The quantitative estimate of drug-likeness (QED) is 0.885. The molecule has 0 bridgehead atoms. The smallest absolute Gasteiger partial charge is 0.234 e. The molecule has 1 aromatic carbocycles. The lowest BCUT2D eigenvalue weighted by molar-refractivity contribution is -0.126. The molecule has 2 atom stereocenters. The molecule has 2 aliphatic rings. The van der Waals surface area contributed by atoms with Crippen molar-refractivity contribution in [3.63, 3.8) is 0 Å². The van der Waals surface area contributed by atoms with Gasteiger partial charge in [-0.2, -0.15) is 0 Å². The van der Waals surface area contributed by atoms with Gasteiger partial charge in [0.05, 0.1) is 19.3 Å². The zero-order valence-corrected chi connectivity index (χ0v) is 15.4. The van der Waals surface area contributed by atoms with E-state index >= 15 is 0 Å². The third-order valence-corrected chi connectivity index (χ3v) is 5.54. The van der Waals surface area contributed by atoms with Crippen LogP contribution in [0.1, 0.15) is 32.3 Å². The Kier molecular flexibility index (Phi) is 6.10. The molecule has 0 saturated carbocycles. The van der Waals surface area contributed by atoms with E-state index in [1.54, 1.807) is 0 Å². The van der Waals surface area contributed by atoms with Gasteiger partial charge < -0.3 is 14.8 Å². The minimum atomic E-state index is -0.0148. The summed E-state index contributed by atoms with van der Waals surface area (Å²) >= 11 is 0. The molecule has 2 saturated heterocycles. The van der Waals surface area contributed by atoms with Gasteiger partial charge in [-0.15, -0.1) is 0 Å². The van der Waals surface area contributed by atoms with Crippen LogP contribution in [0.5, 0.6) is 0 Å². The molecule has 0 radical (unpaired) electrons. The van der Waals surface area contributed by atoms with Gasteiger partial charge in [-0.3, -0.25) is 9.69 Å². The molecule has 5 nitrogen and oxygen atoms in total. The number of ether oxygens (including phenoxy) is 2. The molecule has 138 valence electrons. The molecule has 2 aliphatic heterocycles. The summed E-state index contributed by atoms with van der Waals surface area (Å²) in [5.74, 6) is 0.0998. The minimum absolute atomic E-state index is 0.0148. The van der Waals surface area contributed by atoms with E-state index in [-0.39, 0.29) is 23.5 Å². The van der Waals surface area contributed by atoms with E-state index in [0.29, 0.717) is 19.7 Å². The van der Waals surface area contributed by atoms with E-state index < -0.39 is 0 Å². The molecule has 2 fully saturated rings. The van der Waals surface area contributed by atoms with Gasteiger partial charge in [0.1, 0.15) is 0 Å². The van der Waals surface area contributed by atoms with Gasteiger partial charge in [-0.25, -0.2) is 0 Å². The summed E-state index contributed by atoms with van der Waals surface area (Å²) in [7, 11) is 0. The van der Waals surface area contributed by atoms with Crippen molar-refractivity contribution in [2.45, 2.75) is 44.2 Å². The summed E-state index contributed by atoms with van der Waals surface area (Å²) in [6.07, 6.45) is 2.08. The van der Waals surface area contributed by atoms with Crippen molar-refractivity contribution in [1.82, 2.24) is 10.2 Å². The molecule has 3 rings (SSSR count). The number of amides is 1. The van der Waals surface area contributed by atoms with E-state index in [1.807, 2.05) is 6.07 Å². The van der Waals surface area contributed by atoms with Crippen LogP contribution in [0.4, 0.5) is 0 Å². The largest absolute Gasteiger partial charge is 0.381 e. The number of carbonyl (C=O) groups is 1. The van der Waals surface area contributed by atoms with E-state index in [1.165, 1.54) is 5.56 Å². The lowest BCUT2D eigenvalue weighted by atomic mass is 9.74. The van der Waals surface area contributed by atoms with Crippen LogP contribution in [-0.2, 0) is 19.7 Å². The van der Waals surface area contributed by atoms with Crippen LogP contribution in [0, 0.1) is 0 Å². The molecule has 1 amide bonds. The number of hydrogen-bond donors (Lipinski definition) is 1. The number of morpholine rings is 1. The summed E-state index contributed by atoms with van der Waals surface area (Å²) in [5.41, 5.74) is 1.28. The van der Waals surface area contributed by atoms with Crippen molar-refractivity contribution >= 4 is 5.91 Å². The second-order valence-corrected chi connectivity index (χ2v) is 7.46. The molecular formula is C20H30N2O3. The lowest BCUT2D eigenvalue weighted by Crippen LogP contribution is -2.52. The minimum Gasteiger partial charge on any atom is -0.381 e. The van der Waals surface area contributed by atoms with Gasteiger partial charge in [0.25, 0.3) is 0 Å². The summed E-state index contributed by atoms with van der Waals surface area (Å²) < 4.78 is 11.2. The Bertz CT molecular complexity index is 557. The fourth-order valence-corrected chi connectivity index (χ4v) is 3.82. The fourth-order valence-electron chi connectivity index (χ4n) is 3.82. The maximum absolute atomic E-state index is 12.6. The topological polar surface area (TPSA) is 50.8 Å². The molecule has 0 aromatic heterocycles. The molecule has 5 heteroatoms. The van der Waals surface area contributed by atoms with Crippen molar-refractivity contribution < 1.29 is 14.3 Å². The first-order valence-electron chi connectivity index (χ1n) is 9.35. The molecule has 25 heavy (non-hydrogen) atoms. The second-order valence-electron chi connectivity index (χ2n) is 7.46. The highest BCUT2D eigenvalue weighted by Gasteiger charge is 2.35. The van der Waals surface area contributed by atoms with Gasteiger partial charge in [0.2, 0.25) is 5.91 Å². The van der Waals surface area contributed by atoms with Gasteiger partial charge >= 0.3 is 0 Å². The number of nitrogens with zero attached hydrogens (tertiary/aromatic N) is 1. The SMILES string of the molecule is CC1CN(CC(=O)NCC2(c3ccccc3)CCOCC2)C(C)CO1. The Morgan fingerprint density at radius 2 is 1.96 bits per heavy atom. The van der Waals surface area contributed by atoms with E-state index in [2.05, 4.69) is 48.3 Å². The summed E-state index contributed by atoms with van der Waals surface area (Å²) in [6.45, 7) is 8.30. The van der Waals surface area contributed by atoms with Gasteiger partial charge in [0.15, 0.2) is 0 Å². The van der Waals surface area contributed by atoms with Crippen molar-refractivity contribution in [3.8, 4) is 0 Å². The maximum Gasteiger partial charge on any atom is 0.234 e. The van der Waals surface area contributed by atoms with Crippen LogP contribution in [-0.4, -0.2) is 62.4 Å². The average Bonchev–Trinajstić information content (AvgIpc) is 2.65. The lowest BCUT2D eigenvalue weighted by Gasteiger charge is -2.39. The number of hydrogen-bond acceptors (Lipinski definition) is 4.